The summed E-state index contributed by atoms with van der Waals surface area (Å²) in [5.74, 6) is -1.45. The van der Waals surface area contributed by atoms with Crippen LogP contribution in [-0.4, -0.2) is 38.9 Å². The maximum atomic E-state index is 13.4. The Balaban J connectivity index is 2.00. The first-order valence-electron chi connectivity index (χ1n) is 5.88. The maximum Gasteiger partial charge on any atom is 0.279 e. The van der Waals surface area contributed by atoms with Gasteiger partial charge in [0, 0.05) is 44.4 Å². The van der Waals surface area contributed by atoms with Crippen LogP contribution in [0.3, 0.4) is 0 Å². The van der Waals surface area contributed by atoms with Crippen LogP contribution in [0.4, 0.5) is 8.78 Å². The lowest BCUT2D eigenvalue weighted by molar-refractivity contribution is 0.354. The molecule has 0 bridgehead atoms. The van der Waals surface area contributed by atoms with Gasteiger partial charge in [0.05, 0.1) is 0 Å². The van der Waals surface area contributed by atoms with Gasteiger partial charge in [-0.2, -0.15) is 17.4 Å². The lowest BCUT2D eigenvalue weighted by atomic mass is 10.2. The number of nitrogens with zero attached hydrogens (tertiary/aromatic N) is 1. The minimum absolute atomic E-state index is 0.111. The summed E-state index contributed by atoms with van der Waals surface area (Å²) < 4.78 is 53.6. The smallest absolute Gasteiger partial charge is 0.279 e. The van der Waals surface area contributed by atoms with Crippen LogP contribution in [0.25, 0.3) is 0 Å². The van der Waals surface area contributed by atoms with Crippen molar-refractivity contribution in [1.82, 2.24) is 14.3 Å². The lowest BCUT2D eigenvalue weighted by Crippen LogP contribution is -2.50. The summed E-state index contributed by atoms with van der Waals surface area (Å²) in [6.45, 7) is 1.73. The third-order valence-electron chi connectivity index (χ3n) is 2.88. The molecule has 5 nitrogen and oxygen atoms in total. The standard InChI is InChI=1S/C11H15F2N3O2S/c12-10-2-1-9(11(13)7-10)8-15-19(17,18)16-5-3-14-4-6-16/h1-2,7,14-15H,3-6,8H2. The molecule has 1 aromatic carbocycles. The molecule has 0 aromatic heterocycles. The fraction of sp³-hybridized carbons (Fsp3) is 0.455. The number of nitrogens with one attached hydrogen (secondary N) is 2. The molecule has 8 heteroatoms. The van der Waals surface area contributed by atoms with Crippen molar-refractivity contribution in [2.45, 2.75) is 6.54 Å². The average Bonchev–Trinajstić information content (AvgIpc) is 2.39. The summed E-state index contributed by atoms with van der Waals surface area (Å²) in [5, 5.41) is 3.04. The van der Waals surface area contributed by atoms with Gasteiger partial charge in [0.2, 0.25) is 0 Å². The predicted octanol–water partition coefficient (Wildman–Crippen LogP) is 0.204. The molecule has 1 heterocycles. The van der Waals surface area contributed by atoms with Crippen molar-refractivity contribution in [2.24, 2.45) is 0 Å². The Labute approximate surface area is 110 Å². The second-order valence-electron chi connectivity index (χ2n) is 4.21. The topological polar surface area (TPSA) is 61.4 Å². The van der Waals surface area contributed by atoms with Gasteiger partial charge in [-0.3, -0.25) is 0 Å². The fourth-order valence-corrected chi connectivity index (χ4v) is 2.99. The van der Waals surface area contributed by atoms with Crippen LogP contribution in [0.2, 0.25) is 0 Å². The van der Waals surface area contributed by atoms with E-state index in [0.717, 1.165) is 12.1 Å². The van der Waals surface area contributed by atoms with Gasteiger partial charge in [-0.05, 0) is 6.07 Å². The van der Waals surface area contributed by atoms with Crippen LogP contribution in [0.5, 0.6) is 0 Å². The number of halogens is 2. The van der Waals surface area contributed by atoms with E-state index in [1.807, 2.05) is 0 Å². The highest BCUT2D eigenvalue weighted by Crippen LogP contribution is 2.10. The van der Waals surface area contributed by atoms with Gasteiger partial charge < -0.3 is 5.32 Å². The van der Waals surface area contributed by atoms with Crippen LogP contribution in [0, 0.1) is 11.6 Å². The van der Waals surface area contributed by atoms with Crippen molar-refractivity contribution in [1.29, 1.82) is 0 Å². The van der Waals surface area contributed by atoms with Crippen LogP contribution >= 0.6 is 0 Å². The van der Waals surface area contributed by atoms with E-state index >= 15 is 0 Å². The monoisotopic (exact) mass is 291 g/mol. The van der Waals surface area contributed by atoms with E-state index in [2.05, 4.69) is 10.0 Å². The fourth-order valence-electron chi connectivity index (χ4n) is 1.81. The van der Waals surface area contributed by atoms with E-state index < -0.39 is 21.8 Å². The van der Waals surface area contributed by atoms with E-state index in [0.29, 0.717) is 26.2 Å². The number of hydrogen-bond donors (Lipinski definition) is 2. The third kappa shape index (κ3) is 3.69. The predicted molar refractivity (Wildman–Crippen MR) is 66.6 cm³/mol. The van der Waals surface area contributed by atoms with Crippen molar-refractivity contribution >= 4 is 10.2 Å². The van der Waals surface area contributed by atoms with Crippen molar-refractivity contribution in [3.63, 3.8) is 0 Å². The Morgan fingerprint density at radius 3 is 2.58 bits per heavy atom. The second kappa shape index (κ2) is 5.91. The molecule has 2 rings (SSSR count). The Bertz CT molecular complexity index is 545. The Kier molecular flexibility index (Phi) is 4.46. The lowest BCUT2D eigenvalue weighted by Gasteiger charge is -2.26. The molecular weight excluding hydrogens is 276 g/mol. The quantitative estimate of drug-likeness (QED) is 0.833. The zero-order valence-corrected chi connectivity index (χ0v) is 11.0. The summed E-state index contributed by atoms with van der Waals surface area (Å²) in [4.78, 5) is 0. The first kappa shape index (κ1) is 14.3. The summed E-state index contributed by atoms with van der Waals surface area (Å²) in [7, 11) is -3.63. The second-order valence-corrected chi connectivity index (χ2v) is 5.97. The van der Waals surface area contributed by atoms with Crippen LogP contribution < -0.4 is 10.0 Å². The molecule has 0 aliphatic carbocycles. The molecule has 0 amide bonds. The number of piperazine rings is 1. The SMILES string of the molecule is O=S(=O)(NCc1ccc(F)cc1F)N1CCNCC1. The van der Waals surface area contributed by atoms with Crippen molar-refractivity contribution in [3.8, 4) is 0 Å². The summed E-state index contributed by atoms with van der Waals surface area (Å²) in [6, 6.07) is 3.05. The first-order chi connectivity index (χ1) is 8.99. The van der Waals surface area contributed by atoms with E-state index in [1.54, 1.807) is 0 Å². The molecule has 0 spiro atoms. The van der Waals surface area contributed by atoms with Gasteiger partial charge >= 0.3 is 0 Å². The molecule has 1 aliphatic heterocycles. The molecule has 106 valence electrons. The summed E-state index contributed by atoms with van der Waals surface area (Å²) >= 11 is 0. The van der Waals surface area contributed by atoms with Gasteiger partial charge in [-0.15, -0.1) is 0 Å². The van der Waals surface area contributed by atoms with Crippen molar-refractivity contribution in [3.05, 3.63) is 35.4 Å². The van der Waals surface area contributed by atoms with Gasteiger partial charge in [-0.25, -0.2) is 8.78 Å². The number of rotatable bonds is 4. The highest BCUT2D eigenvalue weighted by molar-refractivity contribution is 7.87. The van der Waals surface area contributed by atoms with Crippen LogP contribution in [-0.2, 0) is 16.8 Å². The zero-order chi connectivity index (χ0) is 13.9. The van der Waals surface area contributed by atoms with Gasteiger partial charge in [-0.1, -0.05) is 6.07 Å². The molecule has 0 radical (unpaired) electrons. The van der Waals surface area contributed by atoms with E-state index in [-0.39, 0.29) is 12.1 Å². The molecule has 1 saturated heterocycles. The van der Waals surface area contributed by atoms with Gasteiger partial charge in [0.1, 0.15) is 11.6 Å². The van der Waals surface area contributed by atoms with Crippen LogP contribution in [0.15, 0.2) is 18.2 Å². The maximum absolute atomic E-state index is 13.4. The summed E-state index contributed by atoms with van der Waals surface area (Å²) in [6.07, 6.45) is 0. The molecule has 1 fully saturated rings. The van der Waals surface area contributed by atoms with Gasteiger partial charge in [0.25, 0.3) is 10.2 Å². The molecule has 1 aliphatic rings. The third-order valence-corrected chi connectivity index (χ3v) is 4.43. The van der Waals surface area contributed by atoms with Crippen molar-refractivity contribution < 1.29 is 17.2 Å². The summed E-state index contributed by atoms with van der Waals surface area (Å²) in [5.41, 5.74) is 0.111. The van der Waals surface area contributed by atoms with Gasteiger partial charge in [0.15, 0.2) is 0 Å². The first-order valence-corrected chi connectivity index (χ1v) is 7.32. The highest BCUT2D eigenvalue weighted by Gasteiger charge is 2.23. The van der Waals surface area contributed by atoms with E-state index in [1.165, 1.54) is 10.4 Å². The minimum atomic E-state index is -3.63. The van der Waals surface area contributed by atoms with E-state index in [4.69, 9.17) is 0 Å². The Morgan fingerprint density at radius 2 is 1.95 bits per heavy atom. The molecule has 2 N–H and O–H groups in total. The molecule has 0 unspecified atom stereocenters. The minimum Gasteiger partial charge on any atom is -0.314 e. The highest BCUT2D eigenvalue weighted by atomic mass is 32.2. The van der Waals surface area contributed by atoms with E-state index in [9.17, 15) is 17.2 Å². The van der Waals surface area contributed by atoms with Crippen LogP contribution in [0.1, 0.15) is 5.56 Å². The van der Waals surface area contributed by atoms with Crippen molar-refractivity contribution in [2.75, 3.05) is 26.2 Å². The Hall–Kier alpha value is -1.09. The molecule has 0 atom stereocenters. The largest absolute Gasteiger partial charge is 0.314 e. The molecule has 19 heavy (non-hydrogen) atoms. The zero-order valence-electron chi connectivity index (χ0n) is 10.2. The Morgan fingerprint density at radius 1 is 1.26 bits per heavy atom. The molecule has 0 saturated carbocycles. The molecule has 1 aromatic rings. The number of benzene rings is 1. The number of hydrogen-bond acceptors (Lipinski definition) is 3. The average molecular weight is 291 g/mol. The normalized spacial score (nSPS) is 17.6. The molecular formula is C11H15F2N3O2S.